The second-order valence-corrected chi connectivity index (χ2v) is 7.24. The molecule has 0 unspecified atom stereocenters. The summed E-state index contributed by atoms with van der Waals surface area (Å²) in [6.45, 7) is 3.86. The van der Waals surface area contributed by atoms with Crippen molar-refractivity contribution in [3.8, 4) is 5.88 Å². The lowest BCUT2D eigenvalue weighted by Crippen LogP contribution is -2.14. The van der Waals surface area contributed by atoms with Crippen LogP contribution in [0.25, 0.3) is 10.9 Å². The van der Waals surface area contributed by atoms with E-state index in [0.29, 0.717) is 22.2 Å². The number of aromatic nitrogens is 1. The van der Waals surface area contributed by atoms with Gasteiger partial charge in [0.2, 0.25) is 5.88 Å². The number of H-pyrrole nitrogens is 1. The highest BCUT2D eigenvalue weighted by Gasteiger charge is 2.15. The van der Waals surface area contributed by atoms with E-state index in [1.54, 1.807) is 36.4 Å². The van der Waals surface area contributed by atoms with Crippen molar-refractivity contribution in [1.29, 1.82) is 0 Å². The van der Waals surface area contributed by atoms with Gasteiger partial charge in [-0.15, -0.1) is 10.2 Å². The van der Waals surface area contributed by atoms with Gasteiger partial charge in [-0.2, -0.15) is 0 Å². The van der Waals surface area contributed by atoms with Crippen LogP contribution in [0.3, 0.4) is 0 Å². The summed E-state index contributed by atoms with van der Waals surface area (Å²) in [5.41, 5.74) is 3.91. The van der Waals surface area contributed by atoms with Gasteiger partial charge in [0.1, 0.15) is 0 Å². The maximum Gasteiger partial charge on any atom is 0.297 e. The first-order chi connectivity index (χ1) is 14.9. The summed E-state index contributed by atoms with van der Waals surface area (Å²) < 4.78 is 0. The molecule has 154 valence electrons. The molecule has 4 aromatic rings. The number of aryl methyl sites for hydroxylation is 2. The lowest BCUT2D eigenvalue weighted by atomic mass is 10.1. The van der Waals surface area contributed by atoms with E-state index in [-0.39, 0.29) is 23.0 Å². The minimum atomic E-state index is -0.638. The minimum Gasteiger partial charge on any atom is -0.493 e. The zero-order chi connectivity index (χ0) is 22.0. The van der Waals surface area contributed by atoms with Gasteiger partial charge in [-0.25, -0.2) is 0 Å². The van der Waals surface area contributed by atoms with E-state index >= 15 is 0 Å². The summed E-state index contributed by atoms with van der Waals surface area (Å²) in [5.74, 6) is -1.14. The smallest absolute Gasteiger partial charge is 0.297 e. The number of aromatic amines is 1. The van der Waals surface area contributed by atoms with E-state index in [0.717, 1.165) is 11.1 Å². The van der Waals surface area contributed by atoms with Gasteiger partial charge >= 0.3 is 0 Å². The van der Waals surface area contributed by atoms with Crippen molar-refractivity contribution in [2.45, 2.75) is 13.8 Å². The molecule has 0 bridgehead atoms. The summed E-state index contributed by atoms with van der Waals surface area (Å²) in [6, 6.07) is 19.3. The highest BCUT2D eigenvalue weighted by Crippen LogP contribution is 2.36. The van der Waals surface area contributed by atoms with Crippen LogP contribution in [0, 0.1) is 13.8 Å². The van der Waals surface area contributed by atoms with Crippen molar-refractivity contribution in [3.05, 3.63) is 89.0 Å². The van der Waals surface area contributed by atoms with Crippen LogP contribution >= 0.6 is 0 Å². The molecule has 1 aromatic heterocycles. The third-order valence-electron chi connectivity index (χ3n) is 4.87. The quantitative estimate of drug-likeness (QED) is 0.376. The molecule has 3 aromatic carbocycles. The topological polar surface area (TPSA) is 107 Å². The predicted molar refractivity (Wildman–Crippen MR) is 119 cm³/mol. The Balaban J connectivity index is 1.60. The molecule has 31 heavy (non-hydrogen) atoms. The molecule has 0 aliphatic carbocycles. The second-order valence-electron chi connectivity index (χ2n) is 7.24. The monoisotopic (exact) mass is 412 g/mol. The van der Waals surface area contributed by atoms with Crippen LogP contribution in [0.5, 0.6) is 5.88 Å². The molecular formula is C24H20N4O3. The number of rotatable bonds is 4. The van der Waals surface area contributed by atoms with Crippen molar-refractivity contribution in [1.82, 2.24) is 4.98 Å². The number of aromatic hydroxyl groups is 1. The van der Waals surface area contributed by atoms with Crippen LogP contribution in [0.15, 0.2) is 77.0 Å². The first-order valence-electron chi connectivity index (χ1n) is 9.67. The van der Waals surface area contributed by atoms with Gasteiger partial charge in [0.15, 0.2) is 5.69 Å². The third kappa shape index (κ3) is 4.20. The van der Waals surface area contributed by atoms with E-state index in [1.807, 2.05) is 44.2 Å². The lowest BCUT2D eigenvalue weighted by molar-refractivity contribution is 0.0996. The maximum atomic E-state index is 12.7. The molecule has 0 spiro atoms. The Hall–Kier alpha value is -4.26. The predicted octanol–water partition coefficient (Wildman–Crippen LogP) is 5.67. The van der Waals surface area contributed by atoms with Gasteiger partial charge in [0, 0.05) is 10.9 Å². The summed E-state index contributed by atoms with van der Waals surface area (Å²) in [7, 11) is 0. The molecule has 1 heterocycles. The number of azo groups is 1. The van der Waals surface area contributed by atoms with Crippen LogP contribution < -0.4 is 5.32 Å². The van der Waals surface area contributed by atoms with Gasteiger partial charge in [0.05, 0.1) is 16.8 Å². The highest BCUT2D eigenvalue weighted by molar-refractivity contribution is 6.09. The molecule has 0 aliphatic heterocycles. The number of nitrogens with zero attached hydrogens (tertiary/aromatic N) is 2. The Morgan fingerprint density at radius 3 is 2.42 bits per heavy atom. The first kappa shape index (κ1) is 20.0. The molecule has 0 saturated heterocycles. The maximum absolute atomic E-state index is 12.7. The van der Waals surface area contributed by atoms with Gasteiger partial charge in [-0.05, 0) is 50.2 Å². The lowest BCUT2D eigenvalue weighted by Gasteiger charge is -2.08. The molecule has 7 heteroatoms. The number of hydrogen-bond donors (Lipinski definition) is 3. The van der Waals surface area contributed by atoms with E-state index < -0.39 is 5.91 Å². The minimum absolute atomic E-state index is 0.168. The third-order valence-corrected chi connectivity index (χ3v) is 4.87. The highest BCUT2D eigenvalue weighted by atomic mass is 16.3. The van der Waals surface area contributed by atoms with E-state index in [9.17, 15) is 14.7 Å². The van der Waals surface area contributed by atoms with Gasteiger partial charge in [-0.1, -0.05) is 41.5 Å². The molecule has 0 aliphatic rings. The largest absolute Gasteiger partial charge is 0.493 e. The van der Waals surface area contributed by atoms with Crippen molar-refractivity contribution in [3.63, 3.8) is 0 Å². The fraction of sp³-hybridized carbons (Fsp3) is 0.0833. The van der Waals surface area contributed by atoms with Crippen LogP contribution in [-0.2, 0) is 0 Å². The molecule has 0 saturated carbocycles. The molecule has 2 amide bonds. The fourth-order valence-electron chi connectivity index (χ4n) is 3.21. The van der Waals surface area contributed by atoms with Gasteiger partial charge < -0.3 is 15.4 Å². The first-order valence-corrected chi connectivity index (χ1v) is 9.67. The number of hydrogen-bond acceptors (Lipinski definition) is 4. The Labute approximate surface area is 178 Å². The fourth-order valence-corrected chi connectivity index (χ4v) is 3.21. The molecule has 0 fully saturated rings. The van der Waals surface area contributed by atoms with Crippen LogP contribution in [0.4, 0.5) is 11.4 Å². The number of anilines is 1. The van der Waals surface area contributed by atoms with Crippen LogP contribution in [-0.4, -0.2) is 21.9 Å². The average molecular weight is 412 g/mol. The summed E-state index contributed by atoms with van der Waals surface area (Å²) in [4.78, 5) is 28.1. The summed E-state index contributed by atoms with van der Waals surface area (Å²) >= 11 is 0. The Morgan fingerprint density at radius 1 is 0.935 bits per heavy atom. The van der Waals surface area contributed by atoms with Gasteiger partial charge in [0.25, 0.3) is 11.8 Å². The number of amides is 2. The SMILES string of the molecule is Cc1ccc(C(=O)Nc2ccccc2C(=O)N=Nc2c(O)[nH]c3ccc(C)cc23)cc1. The molecule has 3 N–H and O–H groups in total. The zero-order valence-corrected chi connectivity index (χ0v) is 17.0. The summed E-state index contributed by atoms with van der Waals surface area (Å²) in [5, 5.41) is 21.3. The number of para-hydroxylation sites is 1. The molecule has 4 rings (SSSR count). The van der Waals surface area contributed by atoms with E-state index in [4.69, 9.17) is 0 Å². The number of nitrogens with one attached hydrogen (secondary N) is 2. The number of carbonyl (C=O) groups is 2. The standard InChI is InChI=1S/C24H20N4O3/c1-14-7-10-16(11-8-14)22(29)25-19-6-4-3-5-17(19)23(30)28-27-21-18-13-15(2)9-12-20(18)26-24(21)31/h3-13,26,31H,1-2H3,(H,25,29). The molecule has 0 atom stereocenters. The van der Waals surface area contributed by atoms with E-state index in [1.165, 1.54) is 0 Å². The average Bonchev–Trinajstić information content (AvgIpc) is 3.07. The number of benzene rings is 3. The summed E-state index contributed by atoms with van der Waals surface area (Å²) in [6.07, 6.45) is 0. The Kier molecular flexibility index (Phi) is 5.32. The molecular weight excluding hydrogens is 392 g/mol. The van der Waals surface area contributed by atoms with Crippen molar-refractivity contribution < 1.29 is 14.7 Å². The van der Waals surface area contributed by atoms with Crippen molar-refractivity contribution >= 4 is 34.1 Å². The molecule has 0 radical (unpaired) electrons. The van der Waals surface area contributed by atoms with Crippen LogP contribution in [0.1, 0.15) is 31.8 Å². The zero-order valence-electron chi connectivity index (χ0n) is 17.0. The van der Waals surface area contributed by atoms with Crippen LogP contribution in [0.2, 0.25) is 0 Å². The normalized spacial score (nSPS) is 11.2. The Morgan fingerprint density at radius 2 is 1.65 bits per heavy atom. The number of fused-ring (bicyclic) bond motifs is 1. The molecule has 7 nitrogen and oxygen atoms in total. The Bertz CT molecular complexity index is 1320. The van der Waals surface area contributed by atoms with E-state index in [2.05, 4.69) is 20.5 Å². The van der Waals surface area contributed by atoms with Gasteiger partial charge in [-0.3, -0.25) is 9.59 Å². The number of carbonyl (C=O) groups excluding carboxylic acids is 2. The van der Waals surface area contributed by atoms with Crippen molar-refractivity contribution in [2.24, 2.45) is 10.2 Å². The second kappa shape index (κ2) is 8.23. The van der Waals surface area contributed by atoms with Crippen molar-refractivity contribution in [2.75, 3.05) is 5.32 Å².